The molecule has 0 aliphatic heterocycles. The zero-order valence-corrected chi connectivity index (χ0v) is 10.6. The lowest BCUT2D eigenvalue weighted by Crippen LogP contribution is -2.18. The van der Waals surface area contributed by atoms with Gasteiger partial charge in [0.05, 0.1) is 12.7 Å². The molecule has 0 fully saturated rings. The molecule has 0 radical (unpaired) electrons. The van der Waals surface area contributed by atoms with E-state index >= 15 is 0 Å². The molecule has 0 saturated carbocycles. The van der Waals surface area contributed by atoms with E-state index in [1.54, 1.807) is 0 Å². The smallest absolute Gasteiger partial charge is 0.0600 e. The summed E-state index contributed by atoms with van der Waals surface area (Å²) in [4.78, 5) is 0. The van der Waals surface area contributed by atoms with Gasteiger partial charge in [0.2, 0.25) is 0 Å². The largest absolute Gasteiger partial charge is 0.395 e. The molecule has 2 heteroatoms. The van der Waals surface area contributed by atoms with Crippen LogP contribution in [-0.2, 0) is 0 Å². The molecule has 0 heterocycles. The number of hydrogen-bond acceptors (Lipinski definition) is 2. The average molecular weight is 234 g/mol. The summed E-state index contributed by atoms with van der Waals surface area (Å²) in [5.41, 5.74) is 1.94. The van der Waals surface area contributed by atoms with E-state index in [9.17, 15) is 10.2 Å². The Morgan fingerprint density at radius 3 is 2.29 bits per heavy atom. The molecular weight excluding hydrogens is 212 g/mol. The number of rotatable bonds is 6. The molecule has 17 heavy (non-hydrogen) atoms. The van der Waals surface area contributed by atoms with E-state index in [0.717, 1.165) is 11.1 Å². The molecule has 94 valence electrons. The fourth-order valence-electron chi connectivity index (χ4n) is 1.80. The van der Waals surface area contributed by atoms with E-state index in [0.29, 0.717) is 6.42 Å². The highest BCUT2D eigenvalue weighted by Crippen LogP contribution is 2.27. The average Bonchev–Trinajstić information content (AvgIpc) is 2.31. The van der Waals surface area contributed by atoms with Gasteiger partial charge in [0.1, 0.15) is 0 Å². The van der Waals surface area contributed by atoms with Gasteiger partial charge in [-0.2, -0.15) is 0 Å². The summed E-state index contributed by atoms with van der Waals surface area (Å²) in [5.74, 6) is 0.131. The van der Waals surface area contributed by atoms with Crippen LogP contribution in [0.1, 0.15) is 31.7 Å². The summed E-state index contributed by atoms with van der Waals surface area (Å²) in [6, 6.07) is 9.81. The van der Waals surface area contributed by atoms with Gasteiger partial charge in [-0.1, -0.05) is 56.3 Å². The molecular formula is C15H22O2. The Morgan fingerprint density at radius 1 is 1.24 bits per heavy atom. The molecule has 1 aromatic carbocycles. The second-order valence-electron chi connectivity index (χ2n) is 4.82. The van der Waals surface area contributed by atoms with Crippen LogP contribution < -0.4 is 0 Å². The van der Waals surface area contributed by atoms with Crippen molar-refractivity contribution in [3.8, 4) is 0 Å². The van der Waals surface area contributed by atoms with Gasteiger partial charge < -0.3 is 10.2 Å². The molecule has 1 rings (SSSR count). The SMILES string of the molecule is C=C(C[C@H](O)C(C)C)[C@@H](CO)c1ccccc1. The minimum atomic E-state index is -0.389. The Labute approximate surface area is 104 Å². The van der Waals surface area contributed by atoms with Gasteiger partial charge in [0.15, 0.2) is 0 Å². The van der Waals surface area contributed by atoms with Crippen LogP contribution >= 0.6 is 0 Å². The maximum atomic E-state index is 9.85. The maximum Gasteiger partial charge on any atom is 0.0600 e. The van der Waals surface area contributed by atoms with Crippen molar-refractivity contribution >= 4 is 0 Å². The van der Waals surface area contributed by atoms with Crippen molar-refractivity contribution in [2.45, 2.75) is 32.3 Å². The van der Waals surface area contributed by atoms with Crippen LogP contribution in [0.4, 0.5) is 0 Å². The molecule has 0 saturated heterocycles. The van der Waals surface area contributed by atoms with Gasteiger partial charge >= 0.3 is 0 Å². The standard InChI is InChI=1S/C15H22O2/c1-11(2)15(17)9-12(3)14(10-16)13-7-5-4-6-8-13/h4-8,11,14-17H,3,9-10H2,1-2H3/t14-,15+/m1/s1. The third-order valence-electron chi connectivity index (χ3n) is 3.12. The molecule has 0 bridgehead atoms. The lowest BCUT2D eigenvalue weighted by Gasteiger charge is -2.22. The first-order valence-electron chi connectivity index (χ1n) is 6.07. The Balaban J connectivity index is 2.72. The zero-order chi connectivity index (χ0) is 12.8. The van der Waals surface area contributed by atoms with E-state index in [1.165, 1.54) is 0 Å². The van der Waals surface area contributed by atoms with Gasteiger partial charge in [0, 0.05) is 5.92 Å². The first-order chi connectivity index (χ1) is 8.06. The molecule has 0 spiro atoms. The van der Waals surface area contributed by atoms with Crippen LogP contribution in [-0.4, -0.2) is 22.9 Å². The van der Waals surface area contributed by atoms with Crippen LogP contribution in [0, 0.1) is 5.92 Å². The predicted molar refractivity (Wildman–Crippen MR) is 70.9 cm³/mol. The van der Waals surface area contributed by atoms with Gasteiger partial charge in [0.25, 0.3) is 0 Å². The zero-order valence-electron chi connectivity index (χ0n) is 10.6. The summed E-state index contributed by atoms with van der Waals surface area (Å²) in [5, 5.41) is 19.3. The quantitative estimate of drug-likeness (QED) is 0.743. The number of aliphatic hydroxyl groups excluding tert-OH is 2. The molecule has 2 N–H and O–H groups in total. The Morgan fingerprint density at radius 2 is 1.82 bits per heavy atom. The Hall–Kier alpha value is -1.12. The van der Waals surface area contributed by atoms with E-state index < -0.39 is 0 Å². The van der Waals surface area contributed by atoms with Gasteiger partial charge in [-0.3, -0.25) is 0 Å². The highest BCUT2D eigenvalue weighted by Gasteiger charge is 2.18. The van der Waals surface area contributed by atoms with Crippen LogP contribution in [0.2, 0.25) is 0 Å². The molecule has 0 aromatic heterocycles. The molecule has 1 aromatic rings. The third-order valence-corrected chi connectivity index (χ3v) is 3.12. The normalized spacial score (nSPS) is 14.6. The van der Waals surface area contributed by atoms with Crippen molar-refractivity contribution in [1.29, 1.82) is 0 Å². The fraction of sp³-hybridized carbons (Fsp3) is 0.467. The second kappa shape index (κ2) is 6.58. The summed E-state index contributed by atoms with van der Waals surface area (Å²) in [6.45, 7) is 8.00. The molecule has 2 nitrogen and oxygen atoms in total. The lowest BCUT2D eigenvalue weighted by molar-refractivity contribution is 0.122. The predicted octanol–water partition coefficient (Wildman–Crippen LogP) is 2.73. The number of aliphatic hydroxyl groups is 2. The first kappa shape index (κ1) is 13.9. The van der Waals surface area contributed by atoms with Crippen LogP contribution in [0.15, 0.2) is 42.5 Å². The van der Waals surface area contributed by atoms with E-state index in [2.05, 4.69) is 6.58 Å². The highest BCUT2D eigenvalue weighted by molar-refractivity contribution is 5.28. The van der Waals surface area contributed by atoms with Gasteiger partial charge in [-0.15, -0.1) is 0 Å². The minimum absolute atomic E-state index is 0.0354. The minimum Gasteiger partial charge on any atom is -0.395 e. The molecule has 0 unspecified atom stereocenters. The van der Waals surface area contributed by atoms with E-state index in [1.807, 2.05) is 44.2 Å². The summed E-state index contributed by atoms with van der Waals surface area (Å²) >= 11 is 0. The van der Waals surface area contributed by atoms with Crippen molar-refractivity contribution in [3.05, 3.63) is 48.0 Å². The van der Waals surface area contributed by atoms with Crippen LogP contribution in [0.3, 0.4) is 0 Å². The molecule has 0 amide bonds. The topological polar surface area (TPSA) is 40.5 Å². The number of benzene rings is 1. The Bertz CT molecular complexity index is 343. The van der Waals surface area contributed by atoms with Gasteiger partial charge in [-0.05, 0) is 17.9 Å². The summed E-state index contributed by atoms with van der Waals surface area (Å²) < 4.78 is 0. The first-order valence-corrected chi connectivity index (χ1v) is 6.07. The summed E-state index contributed by atoms with van der Waals surface area (Å²) in [6.07, 6.45) is 0.151. The van der Waals surface area contributed by atoms with Crippen molar-refractivity contribution < 1.29 is 10.2 Å². The lowest BCUT2D eigenvalue weighted by atomic mass is 9.87. The number of hydrogen-bond donors (Lipinski definition) is 2. The maximum absolute atomic E-state index is 9.85. The highest BCUT2D eigenvalue weighted by atomic mass is 16.3. The molecule has 2 atom stereocenters. The van der Waals surface area contributed by atoms with E-state index in [-0.39, 0.29) is 24.5 Å². The molecule has 0 aliphatic rings. The van der Waals surface area contributed by atoms with E-state index in [4.69, 9.17) is 0 Å². The fourth-order valence-corrected chi connectivity index (χ4v) is 1.80. The monoisotopic (exact) mass is 234 g/mol. The van der Waals surface area contributed by atoms with Crippen molar-refractivity contribution in [2.75, 3.05) is 6.61 Å². The summed E-state index contributed by atoms with van der Waals surface area (Å²) in [7, 11) is 0. The van der Waals surface area contributed by atoms with Crippen LogP contribution in [0.5, 0.6) is 0 Å². The van der Waals surface area contributed by atoms with Crippen molar-refractivity contribution in [2.24, 2.45) is 5.92 Å². The van der Waals surface area contributed by atoms with Crippen molar-refractivity contribution in [1.82, 2.24) is 0 Å². The second-order valence-corrected chi connectivity index (χ2v) is 4.82. The third kappa shape index (κ3) is 3.99. The van der Waals surface area contributed by atoms with Crippen molar-refractivity contribution in [3.63, 3.8) is 0 Å². The van der Waals surface area contributed by atoms with Crippen LogP contribution in [0.25, 0.3) is 0 Å². The molecule has 0 aliphatic carbocycles. The van der Waals surface area contributed by atoms with Gasteiger partial charge in [-0.25, -0.2) is 0 Å². The Kier molecular flexibility index (Phi) is 5.39.